The average molecular weight is 352 g/mol. The first-order chi connectivity index (χ1) is 12.1. The molecular weight excluding hydrogens is 324 g/mol. The fraction of sp³-hybridized carbons (Fsp3) is 0.824. The summed E-state index contributed by atoms with van der Waals surface area (Å²) in [6.07, 6.45) is 3.87. The van der Waals surface area contributed by atoms with Crippen LogP contribution in [0.5, 0.6) is 0 Å². The van der Waals surface area contributed by atoms with Crippen molar-refractivity contribution in [2.45, 2.75) is 57.6 Å². The molecule has 8 nitrogen and oxygen atoms in total. The van der Waals surface area contributed by atoms with Gasteiger partial charge in [-0.05, 0) is 31.6 Å². The van der Waals surface area contributed by atoms with Crippen molar-refractivity contribution in [3.05, 3.63) is 11.7 Å². The molecule has 3 rings (SSSR count). The predicted molar refractivity (Wildman–Crippen MR) is 90.2 cm³/mol. The summed E-state index contributed by atoms with van der Waals surface area (Å²) in [5.41, 5.74) is 0. The molecule has 2 aliphatic rings. The first-order valence-corrected chi connectivity index (χ1v) is 9.20. The summed E-state index contributed by atoms with van der Waals surface area (Å²) in [7, 11) is 0. The molecule has 140 valence electrons. The number of carbonyl (C=O) groups is 1. The van der Waals surface area contributed by atoms with Crippen molar-refractivity contribution in [2.75, 3.05) is 26.4 Å². The Morgan fingerprint density at radius 2 is 2.04 bits per heavy atom. The smallest absolute Gasteiger partial charge is 0.315 e. The van der Waals surface area contributed by atoms with Crippen molar-refractivity contribution in [1.29, 1.82) is 0 Å². The van der Waals surface area contributed by atoms with Crippen LogP contribution < -0.4 is 10.6 Å². The van der Waals surface area contributed by atoms with Gasteiger partial charge in [-0.25, -0.2) is 4.79 Å². The summed E-state index contributed by atoms with van der Waals surface area (Å²) in [5, 5.41) is 9.96. The predicted octanol–water partition coefficient (Wildman–Crippen LogP) is 2.14. The average Bonchev–Trinajstić information content (AvgIpc) is 3.30. The highest BCUT2D eigenvalue weighted by Gasteiger charge is 2.32. The second-order valence-corrected chi connectivity index (χ2v) is 7.06. The molecule has 2 N–H and O–H groups in total. The molecule has 0 aromatic carbocycles. The molecule has 1 aromatic heterocycles. The van der Waals surface area contributed by atoms with Crippen molar-refractivity contribution in [2.24, 2.45) is 5.92 Å². The number of urea groups is 1. The van der Waals surface area contributed by atoms with Crippen LogP contribution in [0.4, 0.5) is 4.79 Å². The fourth-order valence-corrected chi connectivity index (χ4v) is 3.24. The van der Waals surface area contributed by atoms with Crippen LogP contribution in [0.1, 0.15) is 63.2 Å². The highest BCUT2D eigenvalue weighted by molar-refractivity contribution is 5.74. The Morgan fingerprint density at radius 3 is 2.68 bits per heavy atom. The van der Waals surface area contributed by atoms with Gasteiger partial charge in [-0.3, -0.25) is 0 Å². The molecule has 0 saturated carbocycles. The molecule has 2 fully saturated rings. The lowest BCUT2D eigenvalue weighted by molar-refractivity contribution is 0.0501. The van der Waals surface area contributed by atoms with Crippen LogP contribution in [0.3, 0.4) is 0 Å². The zero-order valence-electron chi connectivity index (χ0n) is 15.0. The molecule has 2 saturated heterocycles. The van der Waals surface area contributed by atoms with Crippen LogP contribution in [-0.4, -0.2) is 48.6 Å². The highest BCUT2D eigenvalue weighted by atomic mass is 16.5. The quantitative estimate of drug-likeness (QED) is 0.814. The van der Waals surface area contributed by atoms with Crippen molar-refractivity contribution < 1.29 is 18.8 Å². The Morgan fingerprint density at radius 1 is 1.24 bits per heavy atom. The van der Waals surface area contributed by atoms with Crippen LogP contribution in [0.25, 0.3) is 0 Å². The minimum atomic E-state index is -0.298. The maximum atomic E-state index is 12.4. The van der Waals surface area contributed by atoms with Crippen LogP contribution in [0.15, 0.2) is 4.52 Å². The van der Waals surface area contributed by atoms with Gasteiger partial charge in [-0.2, -0.15) is 4.98 Å². The van der Waals surface area contributed by atoms with Gasteiger partial charge in [-0.15, -0.1) is 0 Å². The number of carbonyl (C=O) groups excluding carboxylic acids is 1. The molecule has 8 heteroatoms. The molecule has 0 unspecified atom stereocenters. The number of nitrogens with zero attached hydrogens (tertiary/aromatic N) is 2. The minimum absolute atomic E-state index is 0.114. The van der Waals surface area contributed by atoms with Gasteiger partial charge in [-0.1, -0.05) is 19.0 Å². The largest absolute Gasteiger partial charge is 0.381 e. The lowest BCUT2D eigenvalue weighted by atomic mass is 9.91. The molecule has 2 aliphatic heterocycles. The molecule has 25 heavy (non-hydrogen) atoms. The Kier molecular flexibility index (Phi) is 6.25. The Labute approximate surface area is 148 Å². The summed E-state index contributed by atoms with van der Waals surface area (Å²) in [5.74, 6) is 1.54. The van der Waals surface area contributed by atoms with Crippen LogP contribution in [-0.2, 0) is 9.47 Å². The van der Waals surface area contributed by atoms with E-state index in [2.05, 4.69) is 20.8 Å². The van der Waals surface area contributed by atoms with Crippen LogP contribution in [0.2, 0.25) is 0 Å². The third-order valence-electron chi connectivity index (χ3n) is 4.78. The van der Waals surface area contributed by atoms with E-state index in [1.807, 2.05) is 13.8 Å². The van der Waals surface area contributed by atoms with E-state index in [9.17, 15) is 4.79 Å². The minimum Gasteiger partial charge on any atom is -0.381 e. The van der Waals surface area contributed by atoms with Gasteiger partial charge >= 0.3 is 6.03 Å². The topological polar surface area (TPSA) is 98.5 Å². The van der Waals surface area contributed by atoms with E-state index in [1.165, 1.54) is 0 Å². The Balaban J connectivity index is 1.63. The molecule has 2 amide bonds. The van der Waals surface area contributed by atoms with Crippen LogP contribution >= 0.6 is 0 Å². The summed E-state index contributed by atoms with van der Waals surface area (Å²) < 4.78 is 16.4. The van der Waals surface area contributed by atoms with E-state index in [0.29, 0.717) is 31.5 Å². The van der Waals surface area contributed by atoms with Crippen molar-refractivity contribution >= 4 is 6.03 Å². The number of amides is 2. The zero-order chi connectivity index (χ0) is 17.6. The second kappa shape index (κ2) is 8.62. The van der Waals surface area contributed by atoms with E-state index in [1.54, 1.807) is 0 Å². The normalized spacial score (nSPS) is 22.9. The van der Waals surface area contributed by atoms with Gasteiger partial charge in [0, 0.05) is 32.3 Å². The maximum Gasteiger partial charge on any atom is 0.315 e. The van der Waals surface area contributed by atoms with Crippen molar-refractivity contribution in [3.8, 4) is 0 Å². The van der Waals surface area contributed by atoms with E-state index in [-0.39, 0.29) is 30.0 Å². The van der Waals surface area contributed by atoms with Gasteiger partial charge in [0.25, 0.3) is 0 Å². The summed E-state index contributed by atoms with van der Waals surface area (Å²) in [6.45, 7) is 6.70. The fourth-order valence-electron chi connectivity index (χ4n) is 3.24. The summed E-state index contributed by atoms with van der Waals surface area (Å²) in [4.78, 5) is 16.9. The molecular formula is C17H28N4O4. The first kappa shape index (κ1) is 18.1. The zero-order valence-corrected chi connectivity index (χ0v) is 15.0. The van der Waals surface area contributed by atoms with Gasteiger partial charge < -0.3 is 24.6 Å². The molecule has 3 heterocycles. The van der Waals surface area contributed by atoms with E-state index < -0.39 is 0 Å². The highest BCUT2D eigenvalue weighted by Crippen LogP contribution is 2.29. The van der Waals surface area contributed by atoms with Gasteiger partial charge in [0.15, 0.2) is 5.82 Å². The molecule has 1 aromatic rings. The number of hydrogen-bond donors (Lipinski definition) is 2. The number of rotatable bonds is 6. The van der Waals surface area contributed by atoms with Crippen molar-refractivity contribution in [1.82, 2.24) is 20.8 Å². The third kappa shape index (κ3) is 4.92. The standard InChI is InChI=1S/C17H28N4O4/c1-11(2)15-20-16(25-21-15)14(12-5-8-23-9-6-12)19-17(22)18-10-13-4-3-7-24-13/h11-14H,3-10H2,1-2H3,(H2,18,19,22)/t13-,14-/m0/s1. The van der Waals surface area contributed by atoms with Gasteiger partial charge in [0.05, 0.1) is 6.10 Å². The second-order valence-electron chi connectivity index (χ2n) is 7.06. The van der Waals surface area contributed by atoms with Gasteiger partial charge in [0.2, 0.25) is 5.89 Å². The number of hydrogen-bond acceptors (Lipinski definition) is 6. The number of nitrogens with one attached hydrogen (secondary N) is 2. The first-order valence-electron chi connectivity index (χ1n) is 9.20. The summed E-state index contributed by atoms with van der Waals surface area (Å²) in [6, 6.07) is -0.523. The van der Waals surface area contributed by atoms with Crippen molar-refractivity contribution in [3.63, 3.8) is 0 Å². The summed E-state index contributed by atoms with van der Waals surface area (Å²) >= 11 is 0. The number of aromatic nitrogens is 2. The van der Waals surface area contributed by atoms with Crippen LogP contribution in [0, 0.1) is 5.92 Å². The van der Waals surface area contributed by atoms with E-state index in [4.69, 9.17) is 14.0 Å². The molecule has 0 bridgehead atoms. The maximum absolute atomic E-state index is 12.4. The number of ether oxygens (including phenoxy) is 2. The monoisotopic (exact) mass is 352 g/mol. The molecule has 0 spiro atoms. The SMILES string of the molecule is CC(C)c1noc([C@@H](NC(=O)NC[C@@H]2CCCO2)C2CCOCC2)n1. The molecule has 0 aliphatic carbocycles. The molecule has 0 radical (unpaired) electrons. The Hall–Kier alpha value is -1.67. The van der Waals surface area contributed by atoms with E-state index in [0.717, 1.165) is 32.3 Å². The molecule has 2 atom stereocenters. The Bertz CT molecular complexity index is 551. The lowest BCUT2D eigenvalue weighted by Crippen LogP contribution is -2.44. The van der Waals surface area contributed by atoms with Gasteiger partial charge in [0.1, 0.15) is 6.04 Å². The third-order valence-corrected chi connectivity index (χ3v) is 4.78. The lowest BCUT2D eigenvalue weighted by Gasteiger charge is -2.28. The van der Waals surface area contributed by atoms with E-state index >= 15 is 0 Å².